The molecule has 0 saturated carbocycles. The lowest BCUT2D eigenvalue weighted by atomic mass is 9.96. The summed E-state index contributed by atoms with van der Waals surface area (Å²) in [6.07, 6.45) is 0.886. The van der Waals surface area contributed by atoms with Gasteiger partial charge in [0.25, 0.3) is 5.89 Å². The van der Waals surface area contributed by atoms with Gasteiger partial charge in [0.1, 0.15) is 5.75 Å². The Bertz CT molecular complexity index is 676. The van der Waals surface area contributed by atoms with Crippen LogP contribution < -0.4 is 15.4 Å². The first-order chi connectivity index (χ1) is 11.4. The van der Waals surface area contributed by atoms with E-state index in [0.717, 1.165) is 6.42 Å². The number of nitrogens with zero attached hydrogens (tertiary/aromatic N) is 2. The molecule has 0 aliphatic rings. The van der Waals surface area contributed by atoms with E-state index in [-0.39, 0.29) is 18.1 Å². The predicted molar refractivity (Wildman–Crippen MR) is 91.1 cm³/mol. The van der Waals surface area contributed by atoms with E-state index in [1.54, 1.807) is 24.3 Å². The molecule has 0 fully saturated rings. The van der Waals surface area contributed by atoms with Crippen molar-refractivity contribution in [2.75, 3.05) is 11.9 Å². The molecule has 24 heavy (non-hydrogen) atoms. The first-order valence-electron chi connectivity index (χ1n) is 7.99. The zero-order valence-corrected chi connectivity index (χ0v) is 14.5. The van der Waals surface area contributed by atoms with Gasteiger partial charge in [-0.2, -0.15) is 4.98 Å². The van der Waals surface area contributed by atoms with Crippen LogP contribution in [-0.2, 0) is 12.0 Å². The molecule has 0 saturated heterocycles. The molecule has 7 nitrogen and oxygen atoms in total. The summed E-state index contributed by atoms with van der Waals surface area (Å²) in [5.41, 5.74) is 0.485. The maximum atomic E-state index is 11.7. The van der Waals surface area contributed by atoms with Crippen molar-refractivity contribution in [3.8, 4) is 5.75 Å². The number of ether oxygens (including phenoxy) is 1. The molecule has 130 valence electrons. The number of aromatic nitrogens is 2. The van der Waals surface area contributed by atoms with Gasteiger partial charge in [-0.05, 0) is 18.6 Å². The molecule has 0 spiro atoms. The summed E-state index contributed by atoms with van der Waals surface area (Å²) in [4.78, 5) is 16.0. The lowest BCUT2D eigenvalue weighted by molar-refractivity contribution is 0.242. The average molecular weight is 332 g/mol. The molecule has 2 aromatic rings. The van der Waals surface area contributed by atoms with Crippen molar-refractivity contribution >= 4 is 11.7 Å². The minimum absolute atomic E-state index is 0.169. The molecule has 0 unspecified atom stereocenters. The molecule has 0 aliphatic heterocycles. The number of amides is 2. The molecule has 2 rings (SSSR count). The second-order valence-electron chi connectivity index (χ2n) is 6.46. The Hall–Kier alpha value is -2.57. The third-order valence-corrected chi connectivity index (χ3v) is 3.13. The maximum Gasteiger partial charge on any atom is 0.319 e. The highest BCUT2D eigenvalue weighted by atomic mass is 16.5. The molecule has 0 radical (unpaired) electrons. The summed E-state index contributed by atoms with van der Waals surface area (Å²) in [5, 5.41) is 9.46. The highest BCUT2D eigenvalue weighted by Crippen LogP contribution is 2.20. The molecular weight excluding hydrogens is 308 g/mol. The van der Waals surface area contributed by atoms with Gasteiger partial charge in [-0.1, -0.05) is 38.9 Å². The number of carbonyl (C=O) groups is 1. The van der Waals surface area contributed by atoms with Crippen molar-refractivity contribution < 1.29 is 14.1 Å². The number of anilines is 1. The van der Waals surface area contributed by atoms with E-state index in [0.29, 0.717) is 29.7 Å². The Morgan fingerprint density at radius 3 is 2.79 bits per heavy atom. The highest BCUT2D eigenvalue weighted by Gasteiger charge is 2.21. The minimum Gasteiger partial charge on any atom is -0.484 e. The van der Waals surface area contributed by atoms with Crippen molar-refractivity contribution in [1.82, 2.24) is 15.5 Å². The van der Waals surface area contributed by atoms with Crippen LogP contribution in [0.4, 0.5) is 10.5 Å². The molecule has 1 heterocycles. The van der Waals surface area contributed by atoms with Crippen molar-refractivity contribution in [1.29, 1.82) is 0 Å². The van der Waals surface area contributed by atoms with Crippen LogP contribution in [0, 0.1) is 0 Å². The number of carbonyl (C=O) groups excluding carboxylic acids is 1. The quantitative estimate of drug-likeness (QED) is 0.845. The molecule has 2 N–H and O–H groups in total. The van der Waals surface area contributed by atoms with E-state index in [1.807, 2.05) is 27.7 Å². The Kier molecular flexibility index (Phi) is 5.78. The SMILES string of the molecule is CCCNC(=O)Nc1cccc(OCc2nc(C(C)(C)C)no2)c1. The molecule has 2 amide bonds. The van der Waals surface area contributed by atoms with Crippen LogP contribution in [0.2, 0.25) is 0 Å². The fourth-order valence-corrected chi connectivity index (χ4v) is 1.84. The number of benzene rings is 1. The number of nitrogens with one attached hydrogen (secondary N) is 2. The number of hydrogen-bond donors (Lipinski definition) is 2. The summed E-state index contributed by atoms with van der Waals surface area (Å²) in [5.74, 6) is 1.67. The van der Waals surface area contributed by atoms with Crippen LogP contribution in [0.5, 0.6) is 5.75 Å². The largest absolute Gasteiger partial charge is 0.484 e. The lowest BCUT2D eigenvalue weighted by Gasteiger charge is -2.11. The van der Waals surface area contributed by atoms with Crippen LogP contribution in [-0.4, -0.2) is 22.7 Å². The van der Waals surface area contributed by atoms with Gasteiger partial charge in [0.15, 0.2) is 12.4 Å². The summed E-state index contributed by atoms with van der Waals surface area (Å²) in [6.45, 7) is 8.85. The summed E-state index contributed by atoms with van der Waals surface area (Å²) >= 11 is 0. The molecule has 0 aliphatic carbocycles. The van der Waals surface area contributed by atoms with Crippen LogP contribution in [0.3, 0.4) is 0 Å². The zero-order valence-electron chi connectivity index (χ0n) is 14.5. The Morgan fingerprint density at radius 1 is 1.33 bits per heavy atom. The maximum absolute atomic E-state index is 11.7. The number of rotatable bonds is 6. The van der Waals surface area contributed by atoms with Crippen molar-refractivity contribution in [3.63, 3.8) is 0 Å². The molecular formula is C17H24N4O3. The third kappa shape index (κ3) is 5.26. The minimum atomic E-state index is -0.235. The Labute approximate surface area is 141 Å². The van der Waals surface area contributed by atoms with Crippen LogP contribution in [0.15, 0.2) is 28.8 Å². The molecule has 7 heteroatoms. The van der Waals surface area contributed by atoms with Gasteiger partial charge >= 0.3 is 6.03 Å². The van der Waals surface area contributed by atoms with Gasteiger partial charge in [0.05, 0.1) is 0 Å². The van der Waals surface area contributed by atoms with Crippen molar-refractivity contribution in [2.45, 2.75) is 46.1 Å². The molecule has 1 aromatic carbocycles. The fourth-order valence-electron chi connectivity index (χ4n) is 1.84. The van der Waals surface area contributed by atoms with E-state index in [9.17, 15) is 4.79 Å². The number of hydrogen-bond acceptors (Lipinski definition) is 5. The zero-order chi connectivity index (χ0) is 17.6. The number of urea groups is 1. The van der Waals surface area contributed by atoms with Gasteiger partial charge in [0.2, 0.25) is 0 Å². The van der Waals surface area contributed by atoms with Crippen LogP contribution in [0.25, 0.3) is 0 Å². The van der Waals surface area contributed by atoms with E-state index >= 15 is 0 Å². The van der Waals surface area contributed by atoms with Gasteiger partial charge in [-0.25, -0.2) is 4.79 Å². The van der Waals surface area contributed by atoms with Gasteiger partial charge in [0, 0.05) is 23.7 Å². The van der Waals surface area contributed by atoms with Gasteiger partial charge < -0.3 is 19.9 Å². The second-order valence-corrected chi connectivity index (χ2v) is 6.46. The monoisotopic (exact) mass is 332 g/mol. The first kappa shape index (κ1) is 17.8. The molecule has 0 atom stereocenters. The Morgan fingerprint density at radius 2 is 2.12 bits per heavy atom. The summed E-state index contributed by atoms with van der Waals surface area (Å²) < 4.78 is 10.8. The smallest absolute Gasteiger partial charge is 0.319 e. The van der Waals surface area contributed by atoms with Gasteiger partial charge in [-0.3, -0.25) is 0 Å². The lowest BCUT2D eigenvalue weighted by Crippen LogP contribution is -2.29. The van der Waals surface area contributed by atoms with E-state index in [2.05, 4.69) is 20.8 Å². The van der Waals surface area contributed by atoms with Crippen molar-refractivity contribution in [2.24, 2.45) is 0 Å². The molecule has 0 bridgehead atoms. The summed E-state index contributed by atoms with van der Waals surface area (Å²) in [6, 6.07) is 6.91. The van der Waals surface area contributed by atoms with Crippen LogP contribution >= 0.6 is 0 Å². The van der Waals surface area contributed by atoms with Crippen molar-refractivity contribution in [3.05, 3.63) is 36.0 Å². The Balaban J connectivity index is 1.92. The molecule has 1 aromatic heterocycles. The van der Waals surface area contributed by atoms with E-state index in [1.165, 1.54) is 0 Å². The fraction of sp³-hybridized carbons (Fsp3) is 0.471. The third-order valence-electron chi connectivity index (χ3n) is 3.13. The van der Waals surface area contributed by atoms with E-state index in [4.69, 9.17) is 9.26 Å². The first-order valence-corrected chi connectivity index (χ1v) is 7.99. The van der Waals surface area contributed by atoms with E-state index < -0.39 is 0 Å². The summed E-state index contributed by atoms with van der Waals surface area (Å²) in [7, 11) is 0. The van der Waals surface area contributed by atoms with Crippen LogP contribution in [0.1, 0.15) is 45.8 Å². The highest BCUT2D eigenvalue weighted by molar-refractivity contribution is 5.89. The predicted octanol–water partition coefficient (Wildman–Crippen LogP) is 3.48. The van der Waals surface area contributed by atoms with Gasteiger partial charge in [-0.15, -0.1) is 0 Å². The average Bonchev–Trinajstić information content (AvgIpc) is 3.00. The standard InChI is InChI=1S/C17H24N4O3/c1-5-9-18-16(22)19-12-7-6-8-13(10-12)23-11-14-20-15(21-24-14)17(2,3)4/h6-8,10H,5,9,11H2,1-4H3,(H2,18,19,22). The topological polar surface area (TPSA) is 89.3 Å². The second kappa shape index (κ2) is 7.81. The normalized spacial score (nSPS) is 11.2.